The zero-order chi connectivity index (χ0) is 20.5. The first-order valence-electron chi connectivity index (χ1n) is 8.54. The molecular formula is C17H19ClN4O5S. The van der Waals surface area contributed by atoms with E-state index in [9.17, 15) is 23.1 Å². The molecule has 0 spiro atoms. The molecule has 150 valence electrons. The van der Waals surface area contributed by atoms with E-state index in [-0.39, 0.29) is 23.9 Å². The fourth-order valence-corrected chi connectivity index (χ4v) is 4.45. The Bertz CT molecular complexity index is 1010. The topological polar surface area (TPSA) is 130 Å². The van der Waals surface area contributed by atoms with Gasteiger partial charge in [0.15, 0.2) is 9.84 Å². The number of rotatable bonds is 5. The van der Waals surface area contributed by atoms with Gasteiger partial charge in [-0.25, -0.2) is 13.1 Å². The number of aromatic nitrogens is 2. The lowest BCUT2D eigenvalue weighted by Gasteiger charge is -2.15. The lowest BCUT2D eigenvalue weighted by atomic mass is 10.2. The van der Waals surface area contributed by atoms with E-state index in [1.54, 1.807) is 31.2 Å². The molecule has 28 heavy (non-hydrogen) atoms. The molecular weight excluding hydrogens is 408 g/mol. The normalized spacial score (nSPS) is 15.7. The van der Waals surface area contributed by atoms with Crippen LogP contribution >= 0.6 is 11.6 Å². The molecule has 0 fully saturated rings. The predicted octanol–water partition coefficient (Wildman–Crippen LogP) is 0.780. The van der Waals surface area contributed by atoms with Gasteiger partial charge in [-0.2, -0.15) is 5.10 Å². The van der Waals surface area contributed by atoms with E-state index in [1.807, 2.05) is 0 Å². The van der Waals surface area contributed by atoms with E-state index >= 15 is 0 Å². The van der Waals surface area contributed by atoms with Crippen LogP contribution in [0, 0.1) is 0 Å². The van der Waals surface area contributed by atoms with E-state index in [1.165, 1.54) is 4.68 Å². The number of hydrogen-bond acceptors (Lipinski definition) is 6. The third-order valence-electron chi connectivity index (χ3n) is 4.35. The molecule has 0 bridgehead atoms. The third-order valence-corrected chi connectivity index (χ3v) is 6.04. The first kappa shape index (κ1) is 20.3. The van der Waals surface area contributed by atoms with Crippen LogP contribution in [0.25, 0.3) is 5.69 Å². The number of nitrogens with one attached hydrogen (secondary N) is 2. The van der Waals surface area contributed by atoms with Crippen LogP contribution in [0.2, 0.25) is 5.02 Å². The van der Waals surface area contributed by atoms with Gasteiger partial charge in [0.05, 0.1) is 35.5 Å². The van der Waals surface area contributed by atoms with E-state index in [4.69, 9.17) is 11.6 Å². The summed E-state index contributed by atoms with van der Waals surface area (Å²) in [5.41, 5.74) is 1.23. The summed E-state index contributed by atoms with van der Waals surface area (Å²) < 4.78 is 25.3. The molecule has 1 aromatic heterocycles. The fourth-order valence-electron chi connectivity index (χ4n) is 2.83. The molecule has 0 saturated heterocycles. The van der Waals surface area contributed by atoms with E-state index in [2.05, 4.69) is 15.7 Å². The van der Waals surface area contributed by atoms with Gasteiger partial charge in [-0.3, -0.25) is 9.59 Å². The van der Waals surface area contributed by atoms with Crippen molar-refractivity contribution in [2.24, 2.45) is 0 Å². The van der Waals surface area contributed by atoms with Gasteiger partial charge in [0, 0.05) is 10.6 Å². The minimum Gasteiger partial charge on any atom is -0.394 e. The molecule has 3 N–H and O–H groups in total. The standard InChI is InChI=1S/C17H19ClN4O5S/c1-2-11(7-23)19-16(24)17(25)20-15-13-8-28(26,27)9-14(13)21-22(15)12-5-3-10(18)4-6-12/h3-6,11,23H,2,7-9H2,1H3,(H,19,24)(H,20,25)/t11-/m0/s1. The highest BCUT2D eigenvalue weighted by Crippen LogP contribution is 2.33. The number of sulfone groups is 1. The maximum Gasteiger partial charge on any atom is 0.314 e. The summed E-state index contributed by atoms with van der Waals surface area (Å²) in [5.74, 6) is -2.30. The third kappa shape index (κ3) is 4.18. The number of halogens is 1. The predicted molar refractivity (Wildman–Crippen MR) is 103 cm³/mol. The lowest BCUT2D eigenvalue weighted by molar-refractivity contribution is -0.136. The van der Waals surface area contributed by atoms with Crippen LogP contribution in [-0.2, 0) is 30.9 Å². The van der Waals surface area contributed by atoms with Crippen molar-refractivity contribution in [1.82, 2.24) is 15.1 Å². The monoisotopic (exact) mass is 426 g/mol. The maximum absolute atomic E-state index is 12.4. The number of fused-ring (bicyclic) bond motifs is 1. The summed E-state index contributed by atoms with van der Waals surface area (Å²) in [6, 6.07) is 6.03. The Hall–Kier alpha value is -2.43. The molecule has 11 heteroatoms. The zero-order valence-corrected chi connectivity index (χ0v) is 16.5. The Morgan fingerprint density at radius 1 is 1.25 bits per heavy atom. The van der Waals surface area contributed by atoms with Gasteiger partial charge in [-0.05, 0) is 30.7 Å². The van der Waals surface area contributed by atoms with Crippen molar-refractivity contribution in [1.29, 1.82) is 0 Å². The molecule has 9 nitrogen and oxygen atoms in total. The molecule has 2 aromatic rings. The molecule has 0 radical (unpaired) electrons. The fraction of sp³-hybridized carbons (Fsp3) is 0.353. The molecule has 1 aliphatic rings. The first-order chi connectivity index (χ1) is 13.2. The lowest BCUT2D eigenvalue weighted by Crippen LogP contribution is -2.43. The number of hydrogen-bond donors (Lipinski definition) is 3. The van der Waals surface area contributed by atoms with Crippen LogP contribution < -0.4 is 10.6 Å². The molecule has 2 heterocycles. The van der Waals surface area contributed by atoms with Gasteiger partial charge in [0.25, 0.3) is 0 Å². The van der Waals surface area contributed by atoms with Crippen molar-refractivity contribution in [3.63, 3.8) is 0 Å². The van der Waals surface area contributed by atoms with Gasteiger partial charge in [0.1, 0.15) is 5.82 Å². The molecule has 1 aromatic carbocycles. The first-order valence-corrected chi connectivity index (χ1v) is 10.7. The average Bonchev–Trinajstić information content (AvgIpc) is 3.12. The Kier molecular flexibility index (Phi) is 5.73. The number of aliphatic hydroxyl groups is 1. The van der Waals surface area contributed by atoms with Crippen molar-refractivity contribution in [3.8, 4) is 5.69 Å². The second-order valence-corrected chi connectivity index (χ2v) is 8.91. The van der Waals surface area contributed by atoms with Crippen molar-refractivity contribution in [3.05, 3.63) is 40.5 Å². The highest BCUT2D eigenvalue weighted by atomic mass is 35.5. The summed E-state index contributed by atoms with van der Waals surface area (Å²) >= 11 is 5.90. The Labute approximate surface area is 166 Å². The summed E-state index contributed by atoms with van der Waals surface area (Å²) in [5, 5.41) is 18.9. The van der Waals surface area contributed by atoms with Crippen LogP contribution in [0.3, 0.4) is 0 Å². The Morgan fingerprint density at radius 3 is 2.54 bits per heavy atom. The Balaban J connectivity index is 1.94. The van der Waals surface area contributed by atoms with E-state index < -0.39 is 27.7 Å². The summed E-state index contributed by atoms with van der Waals surface area (Å²) in [6.45, 7) is 1.46. The molecule has 1 atom stereocenters. The number of amides is 2. The van der Waals surface area contributed by atoms with Crippen molar-refractivity contribution >= 4 is 39.1 Å². The van der Waals surface area contributed by atoms with E-state index in [0.29, 0.717) is 28.4 Å². The largest absolute Gasteiger partial charge is 0.394 e. The molecule has 1 aliphatic heterocycles. The molecule has 2 amide bonds. The van der Waals surface area contributed by atoms with Gasteiger partial charge in [-0.15, -0.1) is 0 Å². The average molecular weight is 427 g/mol. The molecule has 0 unspecified atom stereocenters. The van der Waals surface area contributed by atoms with Crippen LogP contribution in [0.4, 0.5) is 5.82 Å². The minimum atomic E-state index is -3.36. The molecule has 0 saturated carbocycles. The number of aliphatic hydroxyl groups excluding tert-OH is 1. The zero-order valence-electron chi connectivity index (χ0n) is 15.0. The van der Waals surface area contributed by atoms with Crippen LogP contribution in [0.1, 0.15) is 24.6 Å². The quantitative estimate of drug-likeness (QED) is 0.605. The highest BCUT2D eigenvalue weighted by molar-refractivity contribution is 7.90. The van der Waals surface area contributed by atoms with Crippen LogP contribution in [0.15, 0.2) is 24.3 Å². The number of benzene rings is 1. The van der Waals surface area contributed by atoms with Crippen molar-refractivity contribution in [2.75, 3.05) is 11.9 Å². The number of nitrogens with zero attached hydrogens (tertiary/aromatic N) is 2. The molecule has 3 rings (SSSR count). The highest BCUT2D eigenvalue weighted by Gasteiger charge is 2.34. The summed E-state index contributed by atoms with van der Waals surface area (Å²) in [4.78, 5) is 24.5. The van der Waals surface area contributed by atoms with E-state index in [0.717, 1.165) is 0 Å². The van der Waals surface area contributed by atoms with Crippen molar-refractivity contribution in [2.45, 2.75) is 30.9 Å². The number of carbonyl (C=O) groups excluding carboxylic acids is 2. The summed E-state index contributed by atoms with van der Waals surface area (Å²) in [6.07, 6.45) is 0.450. The van der Waals surface area contributed by atoms with Crippen LogP contribution in [0.5, 0.6) is 0 Å². The van der Waals surface area contributed by atoms with Gasteiger partial charge >= 0.3 is 11.8 Å². The number of carbonyl (C=O) groups is 2. The van der Waals surface area contributed by atoms with Gasteiger partial charge < -0.3 is 15.7 Å². The van der Waals surface area contributed by atoms with Crippen LogP contribution in [-0.4, -0.2) is 47.8 Å². The summed E-state index contributed by atoms with van der Waals surface area (Å²) in [7, 11) is -3.36. The SMILES string of the molecule is CC[C@@H](CO)NC(=O)C(=O)Nc1c2c(nn1-c1ccc(Cl)cc1)CS(=O)(=O)C2. The van der Waals surface area contributed by atoms with Gasteiger partial charge in [-0.1, -0.05) is 18.5 Å². The minimum absolute atomic E-state index is 0.121. The molecule has 0 aliphatic carbocycles. The number of anilines is 1. The smallest absolute Gasteiger partial charge is 0.314 e. The second-order valence-electron chi connectivity index (χ2n) is 6.41. The maximum atomic E-state index is 12.4. The Morgan fingerprint density at radius 2 is 1.93 bits per heavy atom. The van der Waals surface area contributed by atoms with Gasteiger partial charge in [0.2, 0.25) is 0 Å². The second kappa shape index (κ2) is 7.90. The van der Waals surface area contributed by atoms with Crippen molar-refractivity contribution < 1.29 is 23.1 Å².